The molecule has 134 valence electrons. The molecule has 0 aliphatic rings. The molecule has 2 rings (SSSR count). The predicted octanol–water partition coefficient (Wildman–Crippen LogP) is 2.65. The minimum absolute atomic E-state index is 0.255. The number of hydrogen-bond donors (Lipinski definition) is 1. The van der Waals surface area contributed by atoms with E-state index < -0.39 is 30.2 Å². The van der Waals surface area contributed by atoms with Crippen molar-refractivity contribution in [3.05, 3.63) is 47.2 Å². The Morgan fingerprint density at radius 1 is 1.24 bits per heavy atom. The summed E-state index contributed by atoms with van der Waals surface area (Å²) in [6.45, 7) is -0.657. The van der Waals surface area contributed by atoms with Crippen molar-refractivity contribution < 1.29 is 22.8 Å². The first kappa shape index (κ1) is 18.8. The topological polar surface area (TPSA) is 67.2 Å². The molecule has 2 amide bonds. The van der Waals surface area contributed by atoms with E-state index in [1.807, 2.05) is 0 Å². The molecule has 2 aromatic rings. The molecule has 25 heavy (non-hydrogen) atoms. The van der Waals surface area contributed by atoms with Gasteiger partial charge in [0.1, 0.15) is 6.54 Å². The van der Waals surface area contributed by atoms with Crippen LogP contribution in [0.1, 0.15) is 5.69 Å². The van der Waals surface area contributed by atoms with Gasteiger partial charge in [-0.3, -0.25) is 14.3 Å². The average Bonchev–Trinajstić information content (AvgIpc) is 2.98. The highest BCUT2D eigenvalue weighted by atomic mass is 35.5. The highest BCUT2D eigenvalue weighted by Crippen LogP contribution is 2.27. The maximum absolute atomic E-state index is 12.5. The zero-order valence-electron chi connectivity index (χ0n) is 13.0. The van der Waals surface area contributed by atoms with E-state index in [-0.39, 0.29) is 6.54 Å². The molecular weight excluding hydrogens is 361 g/mol. The second-order valence-corrected chi connectivity index (χ2v) is 5.64. The van der Waals surface area contributed by atoms with Crippen LogP contribution in [-0.2, 0) is 22.3 Å². The lowest BCUT2D eigenvalue weighted by Crippen LogP contribution is -2.37. The monoisotopic (exact) mass is 374 g/mol. The predicted molar refractivity (Wildman–Crippen MR) is 84.9 cm³/mol. The minimum Gasteiger partial charge on any atom is -0.335 e. The lowest BCUT2D eigenvalue weighted by Gasteiger charge is -2.17. The summed E-state index contributed by atoms with van der Waals surface area (Å²) in [6, 6.07) is 7.18. The summed E-state index contributed by atoms with van der Waals surface area (Å²) >= 11 is 5.74. The number of alkyl halides is 3. The second kappa shape index (κ2) is 7.56. The van der Waals surface area contributed by atoms with Gasteiger partial charge in [0.25, 0.3) is 0 Å². The quantitative estimate of drug-likeness (QED) is 0.875. The summed E-state index contributed by atoms with van der Waals surface area (Å²) in [5, 5.41) is 6.39. The van der Waals surface area contributed by atoms with Crippen molar-refractivity contribution in [3.8, 4) is 0 Å². The number of anilines is 1. The van der Waals surface area contributed by atoms with E-state index >= 15 is 0 Å². The molecule has 0 spiro atoms. The fraction of sp³-hybridized carbons (Fsp3) is 0.267. The van der Waals surface area contributed by atoms with Crippen molar-refractivity contribution in [1.82, 2.24) is 14.7 Å². The molecule has 0 saturated heterocycles. The Labute approximate surface area is 146 Å². The summed E-state index contributed by atoms with van der Waals surface area (Å²) in [5.41, 5.74) is -0.569. The number of hydrogen-bond acceptors (Lipinski definition) is 3. The summed E-state index contributed by atoms with van der Waals surface area (Å²) in [7, 11) is 1.37. The molecule has 1 aromatic carbocycles. The van der Waals surface area contributed by atoms with Gasteiger partial charge in [0.05, 0.1) is 6.54 Å². The zero-order valence-corrected chi connectivity index (χ0v) is 13.8. The third-order valence-corrected chi connectivity index (χ3v) is 3.41. The maximum atomic E-state index is 12.5. The van der Waals surface area contributed by atoms with Gasteiger partial charge in [-0.25, -0.2) is 0 Å². The van der Waals surface area contributed by atoms with Crippen LogP contribution in [-0.4, -0.2) is 40.1 Å². The van der Waals surface area contributed by atoms with Crippen LogP contribution >= 0.6 is 11.6 Å². The number of nitrogens with one attached hydrogen (secondary N) is 1. The molecule has 0 saturated carbocycles. The van der Waals surface area contributed by atoms with Crippen molar-refractivity contribution in [1.29, 1.82) is 0 Å². The van der Waals surface area contributed by atoms with E-state index in [1.165, 1.54) is 7.05 Å². The standard InChI is InChI=1S/C15H14ClF3N4O2/c1-22(8-13(24)20-11-4-2-10(16)3-5-11)14(25)9-23-7-6-12(21-23)15(17,18)19/h2-7H,8-9H2,1H3,(H,20,24). The number of rotatable bonds is 5. The summed E-state index contributed by atoms with van der Waals surface area (Å²) in [6.07, 6.45) is -3.51. The Bertz CT molecular complexity index is 759. The molecule has 10 heteroatoms. The number of benzene rings is 1. The first-order valence-corrected chi connectivity index (χ1v) is 7.43. The summed E-state index contributed by atoms with van der Waals surface area (Å²) in [5.74, 6) is -1.00. The molecule has 0 atom stereocenters. The molecule has 0 aliphatic carbocycles. The molecule has 0 aliphatic heterocycles. The summed E-state index contributed by atoms with van der Waals surface area (Å²) < 4.78 is 38.3. The van der Waals surface area contributed by atoms with Crippen LogP contribution in [0.3, 0.4) is 0 Å². The van der Waals surface area contributed by atoms with E-state index in [0.717, 1.165) is 21.8 Å². The molecule has 1 aromatic heterocycles. The Kier molecular flexibility index (Phi) is 5.68. The average molecular weight is 375 g/mol. The van der Waals surface area contributed by atoms with Crippen LogP contribution in [0.15, 0.2) is 36.5 Å². The van der Waals surface area contributed by atoms with Gasteiger partial charge in [-0.1, -0.05) is 11.6 Å². The van der Waals surface area contributed by atoms with Gasteiger partial charge < -0.3 is 10.2 Å². The Hall–Kier alpha value is -2.55. The molecule has 6 nitrogen and oxygen atoms in total. The van der Waals surface area contributed by atoms with E-state index in [4.69, 9.17) is 11.6 Å². The number of carbonyl (C=O) groups is 2. The maximum Gasteiger partial charge on any atom is 0.435 e. The molecule has 0 bridgehead atoms. The van der Waals surface area contributed by atoms with E-state index in [1.54, 1.807) is 24.3 Å². The van der Waals surface area contributed by atoms with E-state index in [0.29, 0.717) is 10.7 Å². The first-order chi connectivity index (χ1) is 11.6. The number of likely N-dealkylation sites (N-methyl/N-ethyl adjacent to an activating group) is 1. The molecular formula is C15H14ClF3N4O2. The third-order valence-electron chi connectivity index (χ3n) is 3.16. The van der Waals surface area contributed by atoms with Crippen LogP contribution in [0.5, 0.6) is 0 Å². The van der Waals surface area contributed by atoms with Gasteiger partial charge in [0, 0.05) is 24.0 Å². The van der Waals surface area contributed by atoms with E-state index in [2.05, 4.69) is 10.4 Å². The SMILES string of the molecule is CN(CC(=O)Nc1ccc(Cl)cc1)C(=O)Cn1ccc(C(F)(F)F)n1. The van der Waals surface area contributed by atoms with Crippen molar-refractivity contribution in [2.75, 3.05) is 18.9 Å². The molecule has 1 N–H and O–H groups in total. The highest BCUT2D eigenvalue weighted by molar-refractivity contribution is 6.30. The van der Waals surface area contributed by atoms with Crippen LogP contribution in [0.4, 0.5) is 18.9 Å². The summed E-state index contributed by atoms with van der Waals surface area (Å²) in [4.78, 5) is 25.0. The van der Waals surface area contributed by atoms with E-state index in [9.17, 15) is 22.8 Å². The van der Waals surface area contributed by atoms with Gasteiger partial charge in [0.15, 0.2) is 5.69 Å². The molecule has 1 heterocycles. The van der Waals surface area contributed by atoms with Crippen LogP contribution in [0, 0.1) is 0 Å². The zero-order chi connectivity index (χ0) is 18.6. The van der Waals surface area contributed by atoms with Gasteiger partial charge >= 0.3 is 6.18 Å². The van der Waals surface area contributed by atoms with Crippen molar-refractivity contribution in [2.24, 2.45) is 0 Å². The van der Waals surface area contributed by atoms with Gasteiger partial charge in [-0.15, -0.1) is 0 Å². The van der Waals surface area contributed by atoms with Crippen LogP contribution < -0.4 is 5.32 Å². The first-order valence-electron chi connectivity index (χ1n) is 7.05. The van der Waals surface area contributed by atoms with Crippen molar-refractivity contribution in [2.45, 2.75) is 12.7 Å². The lowest BCUT2D eigenvalue weighted by molar-refractivity contribution is -0.142. The Morgan fingerprint density at radius 3 is 2.44 bits per heavy atom. The minimum atomic E-state index is -4.57. The number of nitrogens with zero attached hydrogens (tertiary/aromatic N) is 3. The number of amides is 2. The number of aromatic nitrogens is 2. The van der Waals surface area contributed by atoms with Gasteiger partial charge in [0.2, 0.25) is 11.8 Å². The normalized spacial score (nSPS) is 11.2. The fourth-order valence-corrected chi connectivity index (χ4v) is 2.02. The van der Waals surface area contributed by atoms with Crippen molar-refractivity contribution in [3.63, 3.8) is 0 Å². The van der Waals surface area contributed by atoms with Crippen LogP contribution in [0.2, 0.25) is 5.02 Å². The molecule has 0 radical (unpaired) electrons. The lowest BCUT2D eigenvalue weighted by atomic mass is 10.3. The van der Waals surface area contributed by atoms with Gasteiger partial charge in [-0.05, 0) is 30.3 Å². The Balaban J connectivity index is 1.88. The third kappa shape index (κ3) is 5.49. The smallest absolute Gasteiger partial charge is 0.335 e. The largest absolute Gasteiger partial charge is 0.435 e. The number of carbonyl (C=O) groups excluding carboxylic acids is 2. The van der Waals surface area contributed by atoms with Crippen LogP contribution in [0.25, 0.3) is 0 Å². The Morgan fingerprint density at radius 2 is 1.88 bits per heavy atom. The molecule has 0 unspecified atom stereocenters. The van der Waals surface area contributed by atoms with Crippen molar-refractivity contribution >= 4 is 29.1 Å². The second-order valence-electron chi connectivity index (χ2n) is 5.20. The molecule has 0 fully saturated rings. The van der Waals surface area contributed by atoms with Gasteiger partial charge in [-0.2, -0.15) is 18.3 Å². The fourth-order valence-electron chi connectivity index (χ4n) is 1.90. The highest BCUT2D eigenvalue weighted by Gasteiger charge is 2.33. The number of halogens is 4.